The third-order valence-electron chi connectivity index (χ3n) is 4.57. The maximum atomic E-state index is 5.97. The Morgan fingerprint density at radius 2 is 1.84 bits per heavy atom. The highest BCUT2D eigenvalue weighted by molar-refractivity contribution is 5.37. The number of likely N-dealkylation sites (tertiary alicyclic amines) is 1. The molecular weight excluding hydrogens is 232 g/mol. The molecule has 2 N–H and O–H groups in total. The van der Waals surface area contributed by atoms with Gasteiger partial charge in [0.25, 0.3) is 0 Å². The zero-order chi connectivity index (χ0) is 14.0. The molecule has 0 amide bonds. The normalized spacial score (nSPS) is 24.7. The Kier molecular flexibility index (Phi) is 4.64. The van der Waals surface area contributed by atoms with Crippen molar-refractivity contribution >= 4 is 0 Å². The van der Waals surface area contributed by atoms with E-state index in [9.17, 15) is 0 Å². The predicted octanol–water partition coefficient (Wildman–Crippen LogP) is 3.17. The second kappa shape index (κ2) is 6.06. The van der Waals surface area contributed by atoms with Crippen molar-refractivity contribution in [1.82, 2.24) is 4.90 Å². The zero-order valence-corrected chi connectivity index (χ0v) is 12.9. The van der Waals surface area contributed by atoms with Gasteiger partial charge in [0.2, 0.25) is 0 Å². The maximum absolute atomic E-state index is 5.97. The number of rotatable bonds is 3. The summed E-state index contributed by atoms with van der Waals surface area (Å²) in [5, 5.41) is 0. The number of benzene rings is 1. The summed E-state index contributed by atoms with van der Waals surface area (Å²) in [6, 6.07) is 5.16. The van der Waals surface area contributed by atoms with Crippen molar-refractivity contribution < 1.29 is 0 Å². The van der Waals surface area contributed by atoms with Gasteiger partial charge in [-0.15, -0.1) is 0 Å². The Balaban J connectivity index is 2.16. The summed E-state index contributed by atoms with van der Waals surface area (Å²) < 4.78 is 0. The van der Waals surface area contributed by atoms with Crippen LogP contribution in [-0.2, 0) is 6.54 Å². The molecule has 2 rings (SSSR count). The molecule has 106 valence electrons. The van der Waals surface area contributed by atoms with Crippen molar-refractivity contribution in [3.8, 4) is 0 Å². The summed E-state index contributed by atoms with van der Waals surface area (Å²) in [6.07, 6.45) is 2.56. The van der Waals surface area contributed by atoms with Crippen LogP contribution in [0.4, 0.5) is 0 Å². The van der Waals surface area contributed by atoms with Gasteiger partial charge in [-0.2, -0.15) is 0 Å². The molecule has 0 spiro atoms. The highest BCUT2D eigenvalue weighted by atomic mass is 15.2. The van der Waals surface area contributed by atoms with Gasteiger partial charge in [-0.3, -0.25) is 4.90 Å². The van der Waals surface area contributed by atoms with E-state index in [0.717, 1.165) is 19.0 Å². The Hall–Kier alpha value is -0.860. The van der Waals surface area contributed by atoms with E-state index >= 15 is 0 Å². The van der Waals surface area contributed by atoms with E-state index in [1.807, 2.05) is 0 Å². The third kappa shape index (κ3) is 3.37. The van der Waals surface area contributed by atoms with E-state index in [1.165, 1.54) is 41.6 Å². The molecule has 1 heterocycles. The number of nitrogens with two attached hydrogens (primary N) is 1. The van der Waals surface area contributed by atoms with Crippen LogP contribution in [0.25, 0.3) is 0 Å². The first-order chi connectivity index (χ1) is 9.01. The summed E-state index contributed by atoms with van der Waals surface area (Å²) in [7, 11) is 0. The van der Waals surface area contributed by atoms with Crippen molar-refractivity contribution in [3.63, 3.8) is 0 Å². The fourth-order valence-corrected chi connectivity index (χ4v) is 3.42. The van der Waals surface area contributed by atoms with Crippen molar-refractivity contribution in [2.45, 2.75) is 53.1 Å². The number of hydrogen-bond acceptors (Lipinski definition) is 2. The molecule has 2 unspecified atom stereocenters. The van der Waals surface area contributed by atoms with Gasteiger partial charge in [-0.25, -0.2) is 0 Å². The summed E-state index contributed by atoms with van der Waals surface area (Å²) in [6.45, 7) is 12.0. The number of aryl methyl sites for hydroxylation is 3. The van der Waals surface area contributed by atoms with E-state index in [4.69, 9.17) is 5.73 Å². The second-order valence-corrected chi connectivity index (χ2v) is 6.37. The van der Waals surface area contributed by atoms with Crippen LogP contribution in [0.3, 0.4) is 0 Å². The Morgan fingerprint density at radius 1 is 1.21 bits per heavy atom. The van der Waals surface area contributed by atoms with Gasteiger partial charge in [0.05, 0.1) is 0 Å². The van der Waals surface area contributed by atoms with Gasteiger partial charge in [-0.1, -0.05) is 24.6 Å². The monoisotopic (exact) mass is 260 g/mol. The van der Waals surface area contributed by atoms with E-state index in [2.05, 4.69) is 44.7 Å². The largest absolute Gasteiger partial charge is 0.329 e. The van der Waals surface area contributed by atoms with Crippen molar-refractivity contribution in [3.05, 3.63) is 34.4 Å². The van der Waals surface area contributed by atoms with Gasteiger partial charge in [0.1, 0.15) is 0 Å². The Morgan fingerprint density at radius 3 is 2.42 bits per heavy atom. The number of nitrogens with zero attached hydrogens (tertiary/aromatic N) is 1. The van der Waals surface area contributed by atoms with Gasteiger partial charge in [0.15, 0.2) is 0 Å². The minimum absolute atomic E-state index is 0.559. The molecule has 0 aromatic heterocycles. The molecule has 1 aliphatic rings. The minimum Gasteiger partial charge on any atom is -0.329 e. The van der Waals surface area contributed by atoms with Crippen LogP contribution >= 0.6 is 0 Å². The van der Waals surface area contributed by atoms with Crippen molar-refractivity contribution in [1.29, 1.82) is 0 Å². The lowest BCUT2D eigenvalue weighted by molar-refractivity contribution is 0.115. The second-order valence-electron chi connectivity index (χ2n) is 6.37. The smallest absolute Gasteiger partial charge is 0.0242 e. The number of hydrogen-bond donors (Lipinski definition) is 1. The molecule has 2 nitrogen and oxygen atoms in total. The van der Waals surface area contributed by atoms with Gasteiger partial charge >= 0.3 is 0 Å². The highest BCUT2D eigenvalue weighted by Gasteiger charge is 2.25. The summed E-state index contributed by atoms with van der Waals surface area (Å²) in [5.74, 6) is 0.824. The van der Waals surface area contributed by atoms with E-state index in [-0.39, 0.29) is 0 Å². The SMILES string of the molecule is Cc1cc(C)c(CN2CCC(C)CC2CN)c(C)c1. The van der Waals surface area contributed by atoms with Gasteiger partial charge in [-0.05, 0) is 62.8 Å². The van der Waals surface area contributed by atoms with Crippen LogP contribution in [0.15, 0.2) is 12.1 Å². The van der Waals surface area contributed by atoms with Crippen molar-refractivity contribution in [2.75, 3.05) is 13.1 Å². The molecule has 1 aliphatic heterocycles. The van der Waals surface area contributed by atoms with E-state index in [1.54, 1.807) is 0 Å². The third-order valence-corrected chi connectivity index (χ3v) is 4.57. The molecule has 0 aliphatic carbocycles. The molecule has 2 heteroatoms. The quantitative estimate of drug-likeness (QED) is 0.904. The molecule has 0 radical (unpaired) electrons. The summed E-state index contributed by atoms with van der Waals surface area (Å²) >= 11 is 0. The van der Waals surface area contributed by atoms with E-state index < -0.39 is 0 Å². The lowest BCUT2D eigenvalue weighted by atomic mass is 9.91. The summed E-state index contributed by atoms with van der Waals surface area (Å²) in [5.41, 5.74) is 11.7. The van der Waals surface area contributed by atoms with Crippen LogP contribution in [0.5, 0.6) is 0 Å². The minimum atomic E-state index is 0.559. The predicted molar refractivity (Wildman–Crippen MR) is 82.3 cm³/mol. The van der Waals surface area contributed by atoms with Crippen LogP contribution in [0, 0.1) is 26.7 Å². The molecule has 0 bridgehead atoms. The maximum Gasteiger partial charge on any atom is 0.0242 e. The fraction of sp³-hybridized carbons (Fsp3) is 0.647. The molecule has 0 saturated carbocycles. The van der Waals surface area contributed by atoms with Crippen LogP contribution in [-0.4, -0.2) is 24.0 Å². The Bertz CT molecular complexity index is 416. The molecule has 19 heavy (non-hydrogen) atoms. The van der Waals surface area contributed by atoms with Crippen LogP contribution < -0.4 is 5.73 Å². The Labute approximate surface area is 118 Å². The van der Waals surface area contributed by atoms with Gasteiger partial charge in [0, 0.05) is 19.1 Å². The number of piperidine rings is 1. The zero-order valence-electron chi connectivity index (χ0n) is 12.9. The highest BCUT2D eigenvalue weighted by Crippen LogP contribution is 2.26. The first-order valence-electron chi connectivity index (χ1n) is 7.52. The lowest BCUT2D eigenvalue weighted by Crippen LogP contribution is -2.45. The molecule has 1 saturated heterocycles. The molecule has 1 aromatic carbocycles. The van der Waals surface area contributed by atoms with Crippen molar-refractivity contribution in [2.24, 2.45) is 11.7 Å². The fourth-order valence-electron chi connectivity index (χ4n) is 3.42. The van der Waals surface area contributed by atoms with E-state index in [0.29, 0.717) is 6.04 Å². The molecular formula is C17H28N2. The van der Waals surface area contributed by atoms with Gasteiger partial charge < -0.3 is 5.73 Å². The first-order valence-corrected chi connectivity index (χ1v) is 7.52. The topological polar surface area (TPSA) is 29.3 Å². The standard InChI is InChI=1S/C17H28N2/c1-12-5-6-19(16(9-12)10-18)11-17-14(3)7-13(2)8-15(17)4/h7-8,12,16H,5-6,9-11,18H2,1-4H3. The van der Waals surface area contributed by atoms with Crippen LogP contribution in [0.1, 0.15) is 42.0 Å². The average Bonchev–Trinajstić information content (AvgIpc) is 2.35. The average molecular weight is 260 g/mol. The molecule has 1 aromatic rings. The lowest BCUT2D eigenvalue weighted by Gasteiger charge is -2.38. The first kappa shape index (κ1) is 14.5. The molecule has 1 fully saturated rings. The molecule has 2 atom stereocenters. The van der Waals surface area contributed by atoms with Crippen LogP contribution in [0.2, 0.25) is 0 Å². The summed E-state index contributed by atoms with van der Waals surface area (Å²) in [4.78, 5) is 2.59.